The molecule has 2 fully saturated rings. The molecule has 1 aromatic rings. The van der Waals surface area contributed by atoms with Crippen LogP contribution in [0.1, 0.15) is 43.2 Å². The second-order valence-corrected chi connectivity index (χ2v) is 6.68. The van der Waals surface area contributed by atoms with E-state index < -0.39 is 29.0 Å². The molecule has 2 aliphatic rings. The topological polar surface area (TPSA) is 66.4 Å². The lowest BCUT2D eigenvalue weighted by Gasteiger charge is -2.20. The number of halogens is 3. The van der Waals surface area contributed by atoms with Crippen LogP contribution in [0, 0.1) is 5.92 Å². The van der Waals surface area contributed by atoms with E-state index in [0.717, 1.165) is 12.1 Å². The molecule has 0 saturated heterocycles. The van der Waals surface area contributed by atoms with E-state index in [0.29, 0.717) is 37.7 Å². The van der Waals surface area contributed by atoms with E-state index in [4.69, 9.17) is 5.11 Å². The second-order valence-electron chi connectivity index (χ2n) is 6.68. The number of benzene rings is 1. The lowest BCUT2D eigenvalue weighted by Crippen LogP contribution is -2.40. The second kappa shape index (κ2) is 5.79. The molecule has 2 saturated carbocycles. The van der Waals surface area contributed by atoms with Gasteiger partial charge >= 0.3 is 12.1 Å². The van der Waals surface area contributed by atoms with Crippen LogP contribution in [-0.4, -0.2) is 23.0 Å². The molecule has 4 nitrogen and oxygen atoms in total. The van der Waals surface area contributed by atoms with Gasteiger partial charge in [0.1, 0.15) is 0 Å². The summed E-state index contributed by atoms with van der Waals surface area (Å²) in [6.45, 7) is 0. The van der Waals surface area contributed by atoms with E-state index in [-0.39, 0.29) is 11.9 Å². The van der Waals surface area contributed by atoms with Gasteiger partial charge in [-0.25, -0.2) is 0 Å². The van der Waals surface area contributed by atoms with Crippen molar-refractivity contribution >= 4 is 11.9 Å². The van der Waals surface area contributed by atoms with Crippen molar-refractivity contribution in [3.8, 4) is 0 Å². The minimum Gasteiger partial charge on any atom is -0.481 e. The predicted molar refractivity (Wildman–Crippen MR) is 79.3 cm³/mol. The number of hydrogen-bond acceptors (Lipinski definition) is 2. The summed E-state index contributed by atoms with van der Waals surface area (Å²) in [4.78, 5) is 23.6. The monoisotopic (exact) mass is 341 g/mol. The average Bonchev–Trinajstić information content (AvgIpc) is 3.20. The van der Waals surface area contributed by atoms with Gasteiger partial charge < -0.3 is 10.4 Å². The Labute approximate surface area is 137 Å². The van der Waals surface area contributed by atoms with Crippen LogP contribution in [0.2, 0.25) is 0 Å². The fourth-order valence-corrected chi connectivity index (χ4v) is 3.43. The Hall–Kier alpha value is -2.05. The summed E-state index contributed by atoms with van der Waals surface area (Å²) in [5, 5.41) is 11.8. The molecule has 1 aromatic carbocycles. The van der Waals surface area contributed by atoms with E-state index in [2.05, 4.69) is 5.32 Å². The van der Waals surface area contributed by atoms with E-state index in [1.807, 2.05) is 0 Å². The van der Waals surface area contributed by atoms with Gasteiger partial charge in [-0.05, 0) is 43.7 Å². The van der Waals surface area contributed by atoms with Crippen LogP contribution >= 0.6 is 0 Å². The van der Waals surface area contributed by atoms with Gasteiger partial charge in [0.25, 0.3) is 0 Å². The lowest BCUT2D eigenvalue weighted by atomic mass is 9.93. The van der Waals surface area contributed by atoms with E-state index in [1.54, 1.807) is 6.07 Å². The summed E-state index contributed by atoms with van der Waals surface area (Å²) in [6.07, 6.45) is -1.95. The molecular weight excluding hydrogens is 323 g/mol. The minimum absolute atomic E-state index is 0.220. The van der Waals surface area contributed by atoms with Crippen molar-refractivity contribution in [2.45, 2.75) is 49.7 Å². The molecule has 7 heteroatoms. The Balaban J connectivity index is 1.72. The number of alkyl halides is 3. The third kappa shape index (κ3) is 3.12. The van der Waals surface area contributed by atoms with Gasteiger partial charge in [0.2, 0.25) is 5.91 Å². The van der Waals surface area contributed by atoms with E-state index in [1.165, 1.54) is 6.07 Å². The highest BCUT2D eigenvalue weighted by Crippen LogP contribution is 2.49. The number of aliphatic carboxylic acids is 1. The maximum atomic E-state index is 12.9. The van der Waals surface area contributed by atoms with Crippen molar-refractivity contribution in [3.63, 3.8) is 0 Å². The van der Waals surface area contributed by atoms with Gasteiger partial charge in [0.15, 0.2) is 0 Å². The van der Waals surface area contributed by atoms with Crippen LogP contribution in [-0.2, 0) is 21.2 Å². The highest BCUT2D eigenvalue weighted by Gasteiger charge is 2.52. The van der Waals surface area contributed by atoms with Crippen LogP contribution in [0.25, 0.3) is 0 Å². The summed E-state index contributed by atoms with van der Waals surface area (Å²) < 4.78 is 38.6. The first-order chi connectivity index (χ1) is 11.2. The van der Waals surface area contributed by atoms with E-state index >= 15 is 0 Å². The van der Waals surface area contributed by atoms with Crippen LogP contribution in [0.4, 0.5) is 13.2 Å². The highest BCUT2D eigenvalue weighted by atomic mass is 19.4. The van der Waals surface area contributed by atoms with Gasteiger partial charge in [-0.3, -0.25) is 9.59 Å². The first-order valence-corrected chi connectivity index (χ1v) is 7.94. The molecule has 3 rings (SSSR count). The molecule has 0 radical (unpaired) electrons. The van der Waals surface area contributed by atoms with Crippen molar-refractivity contribution in [1.82, 2.24) is 5.32 Å². The largest absolute Gasteiger partial charge is 0.481 e. The molecular formula is C17H18F3NO3. The van der Waals surface area contributed by atoms with Crippen LogP contribution in [0.3, 0.4) is 0 Å². The Morgan fingerprint density at radius 1 is 1.21 bits per heavy atom. The van der Waals surface area contributed by atoms with Crippen molar-refractivity contribution in [2.24, 2.45) is 5.92 Å². The van der Waals surface area contributed by atoms with Gasteiger partial charge in [-0.1, -0.05) is 18.2 Å². The molecule has 0 bridgehead atoms. The number of carboxylic acid groups (broad SMARTS) is 1. The van der Waals surface area contributed by atoms with E-state index in [9.17, 15) is 22.8 Å². The summed E-state index contributed by atoms with van der Waals surface area (Å²) in [7, 11) is 0. The van der Waals surface area contributed by atoms with Gasteiger partial charge in [-0.2, -0.15) is 13.2 Å². The zero-order valence-corrected chi connectivity index (χ0v) is 12.9. The fraction of sp³-hybridized carbons (Fsp3) is 0.529. The molecule has 2 atom stereocenters. The minimum atomic E-state index is -4.44. The van der Waals surface area contributed by atoms with Crippen molar-refractivity contribution < 1.29 is 27.9 Å². The third-order valence-corrected chi connectivity index (χ3v) is 5.04. The Kier molecular flexibility index (Phi) is 4.05. The Bertz CT molecular complexity index is 667. The number of carbonyl (C=O) groups is 2. The SMILES string of the molecule is O=C(O)[C@@H]1CC[C@H](NC(=O)C2(c3cccc(C(F)(F)F)c3)CC2)C1. The summed E-state index contributed by atoms with van der Waals surface area (Å²) in [5.74, 6) is -1.62. The average molecular weight is 341 g/mol. The van der Waals surface area contributed by atoms with Crippen molar-refractivity contribution in [1.29, 1.82) is 0 Å². The molecule has 2 N–H and O–H groups in total. The Morgan fingerprint density at radius 3 is 2.46 bits per heavy atom. The number of carboxylic acids is 1. The summed E-state index contributed by atoms with van der Waals surface area (Å²) in [6, 6.07) is 4.69. The molecule has 1 amide bonds. The smallest absolute Gasteiger partial charge is 0.416 e. The van der Waals surface area contributed by atoms with Crippen LogP contribution in [0.5, 0.6) is 0 Å². The Morgan fingerprint density at radius 2 is 1.92 bits per heavy atom. The van der Waals surface area contributed by atoms with Crippen molar-refractivity contribution in [2.75, 3.05) is 0 Å². The maximum Gasteiger partial charge on any atom is 0.416 e. The normalized spacial score (nSPS) is 25.3. The standard InChI is InChI=1S/C17H18F3NO3/c18-17(19,20)12-3-1-2-11(9-12)16(6-7-16)15(24)21-13-5-4-10(8-13)14(22)23/h1-3,9-10,13H,4-8H2,(H,21,24)(H,22,23)/t10-,13+/m1/s1. The number of amides is 1. The molecule has 0 unspecified atom stereocenters. The zero-order chi connectivity index (χ0) is 17.5. The molecule has 0 heterocycles. The summed E-state index contributed by atoms with van der Waals surface area (Å²) in [5.41, 5.74) is -1.28. The predicted octanol–water partition coefficient (Wildman–Crippen LogP) is 3.11. The maximum absolute atomic E-state index is 12.9. The number of carbonyl (C=O) groups excluding carboxylic acids is 1. The number of rotatable bonds is 4. The molecule has 24 heavy (non-hydrogen) atoms. The summed E-state index contributed by atoms with van der Waals surface area (Å²) >= 11 is 0. The first kappa shape index (κ1) is 16.8. The third-order valence-electron chi connectivity index (χ3n) is 5.04. The molecule has 2 aliphatic carbocycles. The highest BCUT2D eigenvalue weighted by molar-refractivity contribution is 5.91. The molecule has 0 aromatic heterocycles. The number of hydrogen-bond donors (Lipinski definition) is 2. The zero-order valence-electron chi connectivity index (χ0n) is 12.9. The van der Waals surface area contributed by atoms with Crippen LogP contribution in [0.15, 0.2) is 24.3 Å². The quantitative estimate of drug-likeness (QED) is 0.884. The fourth-order valence-electron chi connectivity index (χ4n) is 3.43. The van der Waals surface area contributed by atoms with Gasteiger partial charge in [-0.15, -0.1) is 0 Å². The molecule has 0 aliphatic heterocycles. The lowest BCUT2D eigenvalue weighted by molar-refractivity contribution is -0.141. The van der Waals surface area contributed by atoms with Crippen LogP contribution < -0.4 is 5.32 Å². The molecule has 0 spiro atoms. The first-order valence-electron chi connectivity index (χ1n) is 7.94. The van der Waals surface area contributed by atoms with Crippen molar-refractivity contribution in [3.05, 3.63) is 35.4 Å². The number of nitrogens with one attached hydrogen (secondary N) is 1. The van der Waals surface area contributed by atoms with Gasteiger partial charge in [0, 0.05) is 6.04 Å². The van der Waals surface area contributed by atoms with Gasteiger partial charge in [0.05, 0.1) is 16.9 Å². The molecule has 130 valence electrons.